The van der Waals surface area contributed by atoms with E-state index in [2.05, 4.69) is 20.8 Å². The Hall–Kier alpha value is -1.81. The molecule has 1 aliphatic heterocycles. The molecule has 9 atom stereocenters. The number of carbonyl (C=O) groups is 2. The maximum absolute atomic E-state index is 13.5. The molecule has 0 aromatic heterocycles. The van der Waals surface area contributed by atoms with Gasteiger partial charge < -0.3 is 14.6 Å². The number of hydrogen-bond acceptors (Lipinski definition) is 8. The van der Waals surface area contributed by atoms with Crippen molar-refractivity contribution in [1.29, 1.82) is 0 Å². The molecular weight excluding hydrogens is 508 g/mol. The lowest BCUT2D eigenvalue weighted by molar-refractivity contribution is -0.214. The minimum absolute atomic E-state index is 0.0355. The number of aliphatic hydroxyl groups excluding tert-OH is 1. The lowest BCUT2D eigenvalue weighted by atomic mass is 9.43. The highest BCUT2D eigenvalue weighted by atomic mass is 32.2. The molecular formula is C29H40O8S. The second-order valence-electron chi connectivity index (χ2n) is 12.7. The van der Waals surface area contributed by atoms with Crippen LogP contribution in [0.25, 0.3) is 0 Å². The van der Waals surface area contributed by atoms with E-state index in [0.717, 1.165) is 24.8 Å². The van der Waals surface area contributed by atoms with Gasteiger partial charge in [-0.3, -0.25) is 8.98 Å². The molecule has 3 saturated carbocycles. The molecule has 2 bridgehead atoms. The van der Waals surface area contributed by atoms with E-state index >= 15 is 0 Å². The predicted octanol–water partition coefficient (Wildman–Crippen LogP) is 3.82. The number of epoxide rings is 1. The fraction of sp³-hybridized carbons (Fsp3) is 0.724. The second kappa shape index (κ2) is 9.39. The van der Waals surface area contributed by atoms with Gasteiger partial charge >= 0.3 is 5.97 Å². The number of benzene rings is 1. The van der Waals surface area contributed by atoms with E-state index in [9.17, 15) is 23.1 Å². The third kappa shape index (κ3) is 4.25. The van der Waals surface area contributed by atoms with Gasteiger partial charge in [0.15, 0.2) is 6.61 Å². The zero-order valence-corrected chi connectivity index (χ0v) is 23.8. The van der Waals surface area contributed by atoms with Crippen LogP contribution < -0.4 is 0 Å². The second-order valence-corrected chi connectivity index (χ2v) is 14.3. The van der Waals surface area contributed by atoms with Gasteiger partial charge in [0, 0.05) is 23.2 Å². The molecule has 1 N–H and O–H groups in total. The predicted molar refractivity (Wildman–Crippen MR) is 139 cm³/mol. The molecule has 8 nitrogen and oxygen atoms in total. The van der Waals surface area contributed by atoms with Crippen LogP contribution in [-0.4, -0.2) is 56.8 Å². The summed E-state index contributed by atoms with van der Waals surface area (Å²) in [7, 11) is -4.15. The Morgan fingerprint density at radius 2 is 1.82 bits per heavy atom. The van der Waals surface area contributed by atoms with Gasteiger partial charge in [-0.05, 0) is 62.0 Å². The first-order valence-electron chi connectivity index (χ1n) is 13.7. The zero-order chi connectivity index (χ0) is 27.7. The number of ketones is 1. The summed E-state index contributed by atoms with van der Waals surface area (Å²) < 4.78 is 42.3. The van der Waals surface area contributed by atoms with E-state index in [1.54, 1.807) is 12.1 Å². The van der Waals surface area contributed by atoms with Crippen molar-refractivity contribution in [2.45, 2.75) is 89.9 Å². The smallest absolute Gasteiger partial charge is 0.333 e. The van der Waals surface area contributed by atoms with Gasteiger partial charge in [0.2, 0.25) is 0 Å². The number of aliphatic hydroxyl groups is 1. The van der Waals surface area contributed by atoms with Crippen molar-refractivity contribution >= 4 is 21.9 Å². The first-order chi connectivity index (χ1) is 17.8. The molecule has 1 saturated heterocycles. The van der Waals surface area contributed by atoms with E-state index in [1.165, 1.54) is 12.1 Å². The van der Waals surface area contributed by atoms with Gasteiger partial charge in [-0.25, -0.2) is 4.79 Å². The number of ether oxygens (including phenoxy) is 2. The van der Waals surface area contributed by atoms with Crippen molar-refractivity contribution in [3.05, 3.63) is 29.8 Å². The summed E-state index contributed by atoms with van der Waals surface area (Å²) in [6, 6.07) is 6.19. The van der Waals surface area contributed by atoms with Gasteiger partial charge in [-0.15, -0.1) is 0 Å². The third-order valence-corrected chi connectivity index (χ3v) is 12.1. The van der Waals surface area contributed by atoms with Gasteiger partial charge in [0.05, 0.1) is 23.7 Å². The van der Waals surface area contributed by atoms with Crippen LogP contribution in [0, 0.1) is 40.9 Å². The van der Waals surface area contributed by atoms with Crippen LogP contribution in [0.5, 0.6) is 0 Å². The van der Waals surface area contributed by atoms with Crippen LogP contribution in [0.15, 0.2) is 29.2 Å². The Morgan fingerprint density at radius 1 is 1.16 bits per heavy atom. The number of Topliss-reactive ketones (excluding diaryl/α,β-unsaturated/α-hetero) is 1. The molecule has 210 valence electrons. The van der Waals surface area contributed by atoms with Crippen molar-refractivity contribution in [2.75, 3.05) is 13.2 Å². The quantitative estimate of drug-likeness (QED) is 0.324. The van der Waals surface area contributed by atoms with Crippen molar-refractivity contribution < 1.29 is 36.8 Å². The zero-order valence-electron chi connectivity index (χ0n) is 22.9. The van der Waals surface area contributed by atoms with Gasteiger partial charge in [-0.2, -0.15) is 8.42 Å². The molecule has 0 amide bonds. The van der Waals surface area contributed by atoms with Crippen LogP contribution in [-0.2, 0) is 33.4 Å². The van der Waals surface area contributed by atoms with Crippen LogP contribution in [0.3, 0.4) is 0 Å². The molecule has 4 aliphatic rings. The lowest BCUT2D eigenvalue weighted by Crippen LogP contribution is -2.64. The van der Waals surface area contributed by atoms with Crippen molar-refractivity contribution in [3.63, 3.8) is 0 Å². The minimum atomic E-state index is -4.15. The number of hydrogen-bond donors (Lipinski definition) is 1. The fourth-order valence-corrected chi connectivity index (χ4v) is 9.00. The highest BCUT2D eigenvalue weighted by Crippen LogP contribution is 2.68. The summed E-state index contributed by atoms with van der Waals surface area (Å²) in [5, 5.41) is 11.8. The Bertz CT molecular complexity index is 1210. The van der Waals surface area contributed by atoms with E-state index in [0.29, 0.717) is 19.4 Å². The standard InChI is InChI=1S/C29H40O8S/c1-17-6-8-20(9-7-17)38(33,34)36-16-24(31)37-22-14-27(4,23-15-35-23)26(32)19(3)29-12-10-18(2)28(22,5)25(29)21(30)11-13-29/h6-9,18-19,22-23,25-26,32H,10-16H2,1-5H3/t18?,19-,22+,23?,25?,26?,27+,28-,29-/m0/s1. The Morgan fingerprint density at radius 3 is 2.45 bits per heavy atom. The summed E-state index contributed by atoms with van der Waals surface area (Å²) in [4.78, 5) is 26.7. The fourth-order valence-electron chi connectivity index (χ4n) is 8.14. The first kappa shape index (κ1) is 27.7. The topological polar surface area (TPSA) is 120 Å². The Kier molecular flexibility index (Phi) is 6.86. The molecule has 0 radical (unpaired) electrons. The summed E-state index contributed by atoms with van der Waals surface area (Å²) in [6.45, 7) is 9.84. The molecule has 1 heterocycles. The Labute approximate surface area is 225 Å². The molecule has 1 aromatic rings. The van der Waals surface area contributed by atoms with Crippen LogP contribution >= 0.6 is 0 Å². The number of carbonyl (C=O) groups excluding carboxylic acids is 2. The highest BCUT2D eigenvalue weighted by molar-refractivity contribution is 7.86. The number of rotatable bonds is 6. The molecule has 0 spiro atoms. The van der Waals surface area contributed by atoms with E-state index in [1.807, 2.05) is 13.8 Å². The molecule has 4 fully saturated rings. The first-order valence-corrected chi connectivity index (χ1v) is 15.1. The number of aryl methyl sites for hydroxylation is 1. The number of esters is 1. The monoisotopic (exact) mass is 548 g/mol. The maximum atomic E-state index is 13.5. The summed E-state index contributed by atoms with van der Waals surface area (Å²) in [5.41, 5.74) is -0.813. The molecule has 1 aromatic carbocycles. The van der Waals surface area contributed by atoms with E-state index in [-0.39, 0.29) is 40.0 Å². The normalized spacial score (nSPS) is 42.6. The SMILES string of the molecule is Cc1ccc(S(=O)(=O)OCC(=O)O[C@@H]2C[C@](C)(C3CO3)C(O)[C@H](C)[C@]34CCC(=O)C3[C@@]2(C)C(C)CC4)cc1. The van der Waals surface area contributed by atoms with Crippen LogP contribution in [0.1, 0.15) is 65.4 Å². The largest absolute Gasteiger partial charge is 0.460 e. The minimum Gasteiger partial charge on any atom is -0.460 e. The maximum Gasteiger partial charge on any atom is 0.333 e. The van der Waals surface area contributed by atoms with Crippen LogP contribution in [0.2, 0.25) is 0 Å². The van der Waals surface area contributed by atoms with Gasteiger partial charge in [0.1, 0.15) is 11.9 Å². The molecule has 9 heteroatoms. The molecule has 5 rings (SSSR count). The van der Waals surface area contributed by atoms with Crippen molar-refractivity contribution in [1.82, 2.24) is 0 Å². The van der Waals surface area contributed by atoms with Gasteiger partial charge in [0.25, 0.3) is 10.1 Å². The van der Waals surface area contributed by atoms with Crippen molar-refractivity contribution in [3.8, 4) is 0 Å². The molecule has 3 aliphatic carbocycles. The van der Waals surface area contributed by atoms with Gasteiger partial charge in [-0.1, -0.05) is 45.4 Å². The highest BCUT2D eigenvalue weighted by Gasteiger charge is 2.70. The van der Waals surface area contributed by atoms with Crippen molar-refractivity contribution in [2.24, 2.45) is 34.0 Å². The summed E-state index contributed by atoms with van der Waals surface area (Å²) in [5.74, 6) is -1.00. The molecule has 38 heavy (non-hydrogen) atoms. The van der Waals surface area contributed by atoms with E-state index in [4.69, 9.17) is 13.7 Å². The average molecular weight is 549 g/mol. The van der Waals surface area contributed by atoms with E-state index < -0.39 is 45.7 Å². The summed E-state index contributed by atoms with van der Waals surface area (Å²) >= 11 is 0. The third-order valence-electron chi connectivity index (χ3n) is 10.8. The molecule has 4 unspecified atom stereocenters. The van der Waals surface area contributed by atoms with Crippen LogP contribution in [0.4, 0.5) is 0 Å². The Balaban J connectivity index is 1.46. The average Bonchev–Trinajstić information content (AvgIpc) is 3.67. The lowest BCUT2D eigenvalue weighted by Gasteiger charge is -2.62. The summed E-state index contributed by atoms with van der Waals surface area (Å²) in [6.07, 6.45) is 1.60.